The van der Waals surface area contributed by atoms with Crippen LogP contribution in [0.2, 0.25) is 5.02 Å². The average Bonchev–Trinajstić information content (AvgIpc) is 3.10. The summed E-state index contributed by atoms with van der Waals surface area (Å²) in [7, 11) is 1.04. The first-order valence-corrected chi connectivity index (χ1v) is 13.7. The minimum absolute atomic E-state index is 0.271. The molecule has 3 heterocycles. The summed E-state index contributed by atoms with van der Waals surface area (Å²) in [6.07, 6.45) is -4.75. The van der Waals surface area contributed by atoms with Gasteiger partial charge in [-0.15, -0.1) is 11.8 Å². The van der Waals surface area contributed by atoms with E-state index < -0.39 is 66.5 Å². The second kappa shape index (κ2) is 11.4. The van der Waals surface area contributed by atoms with Crippen LogP contribution in [0.1, 0.15) is 40.1 Å². The third kappa shape index (κ3) is 5.36. The number of rotatable bonds is 5. The number of benzene rings is 2. The van der Waals surface area contributed by atoms with Crippen LogP contribution >= 0.6 is 23.4 Å². The van der Waals surface area contributed by atoms with Gasteiger partial charge in [-0.25, -0.2) is 9.18 Å². The van der Waals surface area contributed by atoms with Crippen LogP contribution in [0.15, 0.2) is 58.4 Å². The van der Waals surface area contributed by atoms with Crippen LogP contribution < -0.4 is 15.2 Å². The number of nitrogens with zero attached hydrogens (tertiary/aromatic N) is 3. The third-order valence-electron chi connectivity index (χ3n) is 6.92. The maximum atomic E-state index is 15.2. The fourth-order valence-electron chi connectivity index (χ4n) is 4.86. The van der Waals surface area contributed by atoms with Gasteiger partial charge in [0.05, 0.1) is 13.2 Å². The molecule has 2 aliphatic rings. The van der Waals surface area contributed by atoms with Crippen LogP contribution in [0.5, 0.6) is 5.75 Å². The number of hydrogen-bond acceptors (Lipinski definition) is 8. The maximum absolute atomic E-state index is 15.2. The molecule has 0 fully saturated rings. The quantitative estimate of drug-likeness (QED) is 0.209. The number of methoxy groups -OCH3 is 1. The number of amides is 1. The highest BCUT2D eigenvalue weighted by atomic mass is 35.5. The molecule has 5 rings (SSSR count). The van der Waals surface area contributed by atoms with Crippen molar-refractivity contribution in [1.82, 2.24) is 9.58 Å². The summed E-state index contributed by atoms with van der Waals surface area (Å²) >= 11 is 7.47. The minimum Gasteiger partial charge on any atom is -0.451 e. The van der Waals surface area contributed by atoms with Crippen LogP contribution in [-0.4, -0.2) is 54.4 Å². The lowest BCUT2D eigenvalue weighted by atomic mass is 9.94. The Morgan fingerprint density at radius 2 is 1.93 bits per heavy atom. The van der Waals surface area contributed by atoms with E-state index in [9.17, 15) is 27.6 Å². The van der Waals surface area contributed by atoms with Crippen molar-refractivity contribution in [2.45, 2.75) is 35.8 Å². The van der Waals surface area contributed by atoms with E-state index in [1.807, 2.05) is 0 Å². The highest BCUT2D eigenvalue weighted by Gasteiger charge is 2.48. The Hall–Kier alpha value is -3.91. The Kier molecular flexibility index (Phi) is 8.03. The molecule has 0 spiro atoms. The molecule has 0 unspecified atom stereocenters. The molecule has 9 nitrogen and oxygen atoms in total. The molecule has 0 saturated carbocycles. The van der Waals surface area contributed by atoms with Gasteiger partial charge in [-0.1, -0.05) is 29.8 Å². The van der Waals surface area contributed by atoms with E-state index in [1.165, 1.54) is 39.8 Å². The van der Waals surface area contributed by atoms with Gasteiger partial charge in [0.2, 0.25) is 18.0 Å². The number of aromatic nitrogens is 1. The molecule has 0 bridgehead atoms. The van der Waals surface area contributed by atoms with Crippen molar-refractivity contribution in [3.8, 4) is 5.75 Å². The Labute approximate surface area is 245 Å². The summed E-state index contributed by atoms with van der Waals surface area (Å²) in [6.45, 7) is -0.644. The standard InChI is InChI=1S/C27H22ClF4N3O6S/c1-14(27(30,31)32)33-12-35(34-9-8-20(36)23(22(34)25(33)37)40-13-41-26(38)39-2)21-17-7-6-16(28)10-15(17)11-42-24-18(21)4-3-5-19(24)29/h3-10,14,21H,11-13H2,1-2H3/t14-,21+/m1/s1. The summed E-state index contributed by atoms with van der Waals surface area (Å²) in [6, 6.07) is 7.25. The molecule has 0 radical (unpaired) electrons. The zero-order valence-corrected chi connectivity index (χ0v) is 23.6. The van der Waals surface area contributed by atoms with Crippen LogP contribution in [-0.2, 0) is 15.2 Å². The molecular weight excluding hydrogens is 606 g/mol. The topological polar surface area (TPSA) is 90.3 Å². The number of halogens is 5. The molecular formula is C27H22ClF4N3O6S. The van der Waals surface area contributed by atoms with Crippen LogP contribution in [0, 0.1) is 5.82 Å². The summed E-state index contributed by atoms with van der Waals surface area (Å²) < 4.78 is 72.9. The molecule has 2 aliphatic heterocycles. The molecule has 0 saturated heterocycles. The van der Waals surface area contributed by atoms with Crippen molar-refractivity contribution in [2.75, 3.05) is 25.6 Å². The van der Waals surface area contributed by atoms with Crippen molar-refractivity contribution in [3.05, 3.63) is 92.1 Å². The summed E-state index contributed by atoms with van der Waals surface area (Å²) in [5.74, 6) is -2.01. The minimum atomic E-state index is -4.83. The lowest BCUT2D eigenvalue weighted by Crippen LogP contribution is -2.60. The zero-order chi connectivity index (χ0) is 30.3. The van der Waals surface area contributed by atoms with Gasteiger partial charge in [0, 0.05) is 27.9 Å². The van der Waals surface area contributed by atoms with Crippen molar-refractivity contribution in [1.29, 1.82) is 0 Å². The predicted octanol–water partition coefficient (Wildman–Crippen LogP) is 5.46. The van der Waals surface area contributed by atoms with Gasteiger partial charge in [0.15, 0.2) is 5.69 Å². The summed E-state index contributed by atoms with van der Waals surface area (Å²) in [5.41, 5.74) is 0.344. The maximum Gasteiger partial charge on any atom is 0.510 e. The molecule has 1 amide bonds. The number of carbonyl (C=O) groups is 2. The third-order valence-corrected chi connectivity index (χ3v) is 8.33. The van der Waals surface area contributed by atoms with E-state index in [0.29, 0.717) is 32.4 Å². The molecule has 15 heteroatoms. The summed E-state index contributed by atoms with van der Waals surface area (Å²) in [4.78, 5) is 38.8. The van der Waals surface area contributed by atoms with Crippen molar-refractivity contribution < 1.29 is 41.4 Å². The van der Waals surface area contributed by atoms with Crippen molar-refractivity contribution in [3.63, 3.8) is 0 Å². The Balaban J connectivity index is 1.74. The Morgan fingerprint density at radius 3 is 2.64 bits per heavy atom. The average molecular weight is 628 g/mol. The van der Waals surface area contributed by atoms with Crippen molar-refractivity contribution in [2.24, 2.45) is 0 Å². The van der Waals surface area contributed by atoms with Crippen LogP contribution in [0.4, 0.5) is 22.4 Å². The number of ether oxygens (including phenoxy) is 3. The lowest BCUT2D eigenvalue weighted by molar-refractivity contribution is -0.173. The Morgan fingerprint density at radius 1 is 1.17 bits per heavy atom. The van der Waals surface area contributed by atoms with Gasteiger partial charge in [-0.2, -0.15) is 13.2 Å². The van der Waals surface area contributed by atoms with Crippen LogP contribution in [0.25, 0.3) is 0 Å². The van der Waals surface area contributed by atoms with E-state index in [0.717, 1.165) is 20.1 Å². The smallest absolute Gasteiger partial charge is 0.451 e. The number of pyridine rings is 1. The highest BCUT2D eigenvalue weighted by molar-refractivity contribution is 7.98. The highest BCUT2D eigenvalue weighted by Crippen LogP contribution is 2.45. The molecule has 3 aromatic rings. The predicted molar refractivity (Wildman–Crippen MR) is 144 cm³/mol. The van der Waals surface area contributed by atoms with Crippen LogP contribution in [0.3, 0.4) is 0 Å². The van der Waals surface area contributed by atoms with E-state index in [2.05, 4.69) is 9.47 Å². The SMILES string of the molecule is COC(=O)OCOc1c2n(ccc1=O)N([C@H]1c3ccc(Cl)cc3CSc3c(F)cccc31)CN([C@H](C)C(F)(F)F)C2=O. The van der Waals surface area contributed by atoms with E-state index in [4.69, 9.17) is 16.3 Å². The van der Waals surface area contributed by atoms with Gasteiger partial charge in [-0.3, -0.25) is 19.3 Å². The number of hydrogen-bond donors (Lipinski definition) is 0. The summed E-state index contributed by atoms with van der Waals surface area (Å²) in [5, 5.41) is 1.83. The van der Waals surface area contributed by atoms with Gasteiger partial charge in [0.25, 0.3) is 5.91 Å². The van der Waals surface area contributed by atoms with Gasteiger partial charge < -0.3 is 19.1 Å². The fraction of sp³-hybridized carbons (Fsp3) is 0.296. The molecule has 42 heavy (non-hydrogen) atoms. The van der Waals surface area contributed by atoms with Gasteiger partial charge in [-0.05, 0) is 41.8 Å². The monoisotopic (exact) mass is 627 g/mol. The lowest BCUT2D eigenvalue weighted by Gasteiger charge is -2.46. The van der Waals surface area contributed by atoms with Gasteiger partial charge in [0.1, 0.15) is 18.5 Å². The normalized spacial score (nSPS) is 17.0. The number of carbonyl (C=O) groups excluding carboxylic acids is 2. The second-order valence-corrected chi connectivity index (χ2v) is 10.8. The largest absolute Gasteiger partial charge is 0.510 e. The second-order valence-electron chi connectivity index (χ2n) is 9.33. The molecule has 222 valence electrons. The first-order chi connectivity index (χ1) is 19.9. The number of fused-ring (bicyclic) bond motifs is 3. The first kappa shape index (κ1) is 29.6. The number of thioether (sulfide) groups is 1. The van der Waals surface area contributed by atoms with E-state index in [-0.39, 0.29) is 4.90 Å². The zero-order valence-electron chi connectivity index (χ0n) is 22.0. The van der Waals surface area contributed by atoms with E-state index >= 15 is 4.39 Å². The number of alkyl halides is 3. The Bertz CT molecular complexity index is 1620. The molecule has 2 atom stereocenters. The molecule has 0 aliphatic carbocycles. The van der Waals surface area contributed by atoms with Gasteiger partial charge >= 0.3 is 12.3 Å². The van der Waals surface area contributed by atoms with E-state index in [1.54, 1.807) is 24.3 Å². The van der Waals surface area contributed by atoms with Crippen molar-refractivity contribution >= 4 is 35.4 Å². The molecule has 1 aromatic heterocycles. The molecule has 2 aromatic carbocycles. The fourth-order valence-corrected chi connectivity index (χ4v) is 6.15. The first-order valence-electron chi connectivity index (χ1n) is 12.4. The molecule has 0 N–H and O–H groups in total.